The van der Waals surface area contributed by atoms with Crippen molar-refractivity contribution in [2.24, 2.45) is 0 Å². The number of halogens is 1. The van der Waals surface area contributed by atoms with Crippen LogP contribution in [-0.4, -0.2) is 31.2 Å². The Bertz CT molecular complexity index is 381. The fourth-order valence-electron chi connectivity index (χ4n) is 1.77. The fraction of sp³-hybridized carbons (Fsp3) is 0.462. The average molecular weight is 239 g/mol. The summed E-state index contributed by atoms with van der Waals surface area (Å²) in [5, 5.41) is 0. The highest BCUT2D eigenvalue weighted by molar-refractivity contribution is 5.67. The number of carbonyl (C=O) groups is 1. The number of nitrogens with zero attached hydrogens (tertiary/aromatic N) is 1. The molecule has 0 heterocycles. The van der Waals surface area contributed by atoms with Crippen molar-refractivity contribution in [2.45, 2.75) is 19.8 Å². The number of likely N-dealkylation sites (N-methyl/N-ethyl adjacent to an activating group) is 1. The zero-order valence-electron chi connectivity index (χ0n) is 10.4. The van der Waals surface area contributed by atoms with Crippen molar-refractivity contribution in [3.63, 3.8) is 0 Å². The molecule has 0 saturated carbocycles. The minimum atomic E-state index is -0.379. The third-order valence-electron chi connectivity index (χ3n) is 2.74. The van der Waals surface area contributed by atoms with Crippen LogP contribution in [0.4, 0.5) is 9.18 Å². The molecule has 4 heteroatoms. The second kappa shape index (κ2) is 6.23. The van der Waals surface area contributed by atoms with Crippen LogP contribution in [0, 0.1) is 5.82 Å². The van der Waals surface area contributed by atoms with Crippen molar-refractivity contribution in [3.05, 3.63) is 35.6 Å². The summed E-state index contributed by atoms with van der Waals surface area (Å²) in [6.07, 6.45) is -0.379. The van der Waals surface area contributed by atoms with Crippen LogP contribution in [0.3, 0.4) is 0 Å². The highest BCUT2D eigenvalue weighted by Crippen LogP contribution is 2.19. The maximum atomic E-state index is 13.5. The lowest BCUT2D eigenvalue weighted by molar-refractivity contribution is 0.123. The number of benzene rings is 1. The molecule has 0 aromatic heterocycles. The lowest BCUT2D eigenvalue weighted by Crippen LogP contribution is -2.34. The smallest absolute Gasteiger partial charge is 0.409 e. The number of rotatable bonds is 4. The van der Waals surface area contributed by atoms with Gasteiger partial charge >= 0.3 is 6.09 Å². The van der Waals surface area contributed by atoms with Crippen LogP contribution in [0.2, 0.25) is 0 Å². The molecule has 1 rings (SSSR count). The molecule has 0 fully saturated rings. The summed E-state index contributed by atoms with van der Waals surface area (Å²) in [7, 11) is 1.35. The van der Waals surface area contributed by atoms with E-state index in [0.717, 1.165) is 0 Å². The molecule has 94 valence electrons. The predicted octanol–water partition coefficient (Wildman–Crippen LogP) is 3.02. The molecule has 1 amide bonds. The van der Waals surface area contributed by atoms with E-state index in [9.17, 15) is 9.18 Å². The number of methoxy groups -OCH3 is 1. The first-order valence-electron chi connectivity index (χ1n) is 5.67. The van der Waals surface area contributed by atoms with Crippen LogP contribution in [0.25, 0.3) is 0 Å². The summed E-state index contributed by atoms with van der Waals surface area (Å²) >= 11 is 0. The number of carbonyl (C=O) groups excluding carboxylic acids is 1. The van der Waals surface area contributed by atoms with Gasteiger partial charge in [-0.2, -0.15) is 0 Å². The topological polar surface area (TPSA) is 29.5 Å². The Morgan fingerprint density at radius 1 is 1.47 bits per heavy atom. The van der Waals surface area contributed by atoms with Gasteiger partial charge in [0.05, 0.1) is 7.11 Å². The van der Waals surface area contributed by atoms with Gasteiger partial charge in [-0.05, 0) is 18.6 Å². The maximum absolute atomic E-state index is 13.5. The minimum Gasteiger partial charge on any atom is -0.453 e. The highest BCUT2D eigenvalue weighted by atomic mass is 19.1. The van der Waals surface area contributed by atoms with Crippen LogP contribution in [0.1, 0.15) is 25.3 Å². The molecule has 1 aromatic rings. The molecule has 0 aliphatic heterocycles. The van der Waals surface area contributed by atoms with Crippen molar-refractivity contribution >= 4 is 6.09 Å². The molecule has 0 bridgehead atoms. The second-order valence-electron chi connectivity index (χ2n) is 3.93. The standard InChI is InChI=1S/C13H18FNO2/c1-4-15(13(16)17-3)9-10(2)11-7-5-6-8-12(11)14/h5-8,10H,4,9H2,1-3H3. The van der Waals surface area contributed by atoms with E-state index in [4.69, 9.17) is 0 Å². The van der Waals surface area contributed by atoms with Crippen molar-refractivity contribution in [3.8, 4) is 0 Å². The summed E-state index contributed by atoms with van der Waals surface area (Å²) in [4.78, 5) is 13.0. The average Bonchev–Trinajstić information content (AvgIpc) is 2.35. The lowest BCUT2D eigenvalue weighted by Gasteiger charge is -2.23. The minimum absolute atomic E-state index is 0.0600. The van der Waals surface area contributed by atoms with E-state index in [1.54, 1.807) is 23.1 Å². The highest BCUT2D eigenvalue weighted by Gasteiger charge is 2.18. The van der Waals surface area contributed by atoms with Gasteiger partial charge in [0.15, 0.2) is 0 Å². The third-order valence-corrected chi connectivity index (χ3v) is 2.74. The Kier molecular flexibility index (Phi) is 4.94. The van der Waals surface area contributed by atoms with Gasteiger partial charge in [0.2, 0.25) is 0 Å². The monoisotopic (exact) mass is 239 g/mol. The Labute approximate surface area is 101 Å². The Hall–Kier alpha value is -1.58. The molecular formula is C13H18FNO2. The SMILES string of the molecule is CCN(CC(C)c1ccccc1F)C(=O)OC. The number of ether oxygens (including phenoxy) is 1. The zero-order chi connectivity index (χ0) is 12.8. The van der Waals surface area contributed by atoms with E-state index < -0.39 is 0 Å². The zero-order valence-corrected chi connectivity index (χ0v) is 10.4. The Morgan fingerprint density at radius 2 is 2.12 bits per heavy atom. The Balaban J connectivity index is 2.74. The van der Waals surface area contributed by atoms with Crippen LogP contribution in [0.15, 0.2) is 24.3 Å². The van der Waals surface area contributed by atoms with Gasteiger partial charge in [-0.1, -0.05) is 25.1 Å². The van der Waals surface area contributed by atoms with E-state index in [0.29, 0.717) is 18.7 Å². The lowest BCUT2D eigenvalue weighted by atomic mass is 10.0. The van der Waals surface area contributed by atoms with Crippen molar-refractivity contribution in [1.82, 2.24) is 4.90 Å². The maximum Gasteiger partial charge on any atom is 0.409 e. The van der Waals surface area contributed by atoms with Crippen molar-refractivity contribution in [2.75, 3.05) is 20.2 Å². The van der Waals surface area contributed by atoms with Gasteiger partial charge in [-0.15, -0.1) is 0 Å². The van der Waals surface area contributed by atoms with E-state index in [1.165, 1.54) is 13.2 Å². The normalized spacial score (nSPS) is 12.0. The van der Waals surface area contributed by atoms with Crippen molar-refractivity contribution in [1.29, 1.82) is 0 Å². The van der Waals surface area contributed by atoms with Crippen LogP contribution in [0.5, 0.6) is 0 Å². The number of amides is 1. The fourth-order valence-corrected chi connectivity index (χ4v) is 1.77. The van der Waals surface area contributed by atoms with E-state index in [2.05, 4.69) is 4.74 Å². The molecule has 0 saturated heterocycles. The van der Waals surface area contributed by atoms with Gasteiger partial charge in [-0.3, -0.25) is 0 Å². The van der Waals surface area contributed by atoms with Crippen LogP contribution < -0.4 is 0 Å². The van der Waals surface area contributed by atoms with E-state index in [1.807, 2.05) is 13.8 Å². The molecule has 3 nitrogen and oxygen atoms in total. The molecule has 17 heavy (non-hydrogen) atoms. The van der Waals surface area contributed by atoms with Crippen LogP contribution in [-0.2, 0) is 4.74 Å². The Morgan fingerprint density at radius 3 is 2.65 bits per heavy atom. The molecule has 1 unspecified atom stereocenters. The largest absolute Gasteiger partial charge is 0.453 e. The summed E-state index contributed by atoms with van der Waals surface area (Å²) in [5.41, 5.74) is 0.620. The molecule has 0 aliphatic carbocycles. The first-order valence-corrected chi connectivity index (χ1v) is 5.67. The van der Waals surface area contributed by atoms with Gasteiger partial charge in [0, 0.05) is 19.0 Å². The number of hydrogen-bond acceptors (Lipinski definition) is 2. The van der Waals surface area contributed by atoms with Gasteiger partial charge in [0.1, 0.15) is 5.82 Å². The molecule has 0 spiro atoms. The van der Waals surface area contributed by atoms with Gasteiger partial charge < -0.3 is 9.64 Å². The summed E-state index contributed by atoms with van der Waals surface area (Å²) < 4.78 is 18.2. The van der Waals surface area contributed by atoms with Crippen molar-refractivity contribution < 1.29 is 13.9 Å². The van der Waals surface area contributed by atoms with E-state index >= 15 is 0 Å². The first-order chi connectivity index (χ1) is 8.10. The summed E-state index contributed by atoms with van der Waals surface area (Å²) in [6.45, 7) is 4.75. The molecular weight excluding hydrogens is 221 g/mol. The summed E-state index contributed by atoms with van der Waals surface area (Å²) in [6, 6.07) is 6.62. The van der Waals surface area contributed by atoms with Crippen LogP contribution >= 0.6 is 0 Å². The van der Waals surface area contributed by atoms with E-state index in [-0.39, 0.29) is 17.8 Å². The van der Waals surface area contributed by atoms with Gasteiger partial charge in [0.25, 0.3) is 0 Å². The third kappa shape index (κ3) is 3.44. The summed E-state index contributed by atoms with van der Waals surface area (Å²) in [5.74, 6) is -0.295. The molecule has 0 radical (unpaired) electrons. The number of hydrogen-bond donors (Lipinski definition) is 0. The first kappa shape index (κ1) is 13.5. The molecule has 1 atom stereocenters. The predicted molar refractivity (Wildman–Crippen MR) is 64.5 cm³/mol. The second-order valence-corrected chi connectivity index (χ2v) is 3.93. The molecule has 0 aliphatic rings. The van der Waals surface area contributed by atoms with Gasteiger partial charge in [-0.25, -0.2) is 9.18 Å². The quantitative estimate of drug-likeness (QED) is 0.808. The molecule has 1 aromatic carbocycles. The molecule has 0 N–H and O–H groups in total.